The zero-order chi connectivity index (χ0) is 22.3. The molecule has 5 aromatic rings. The minimum Gasteiger partial charge on any atom is -0.0622 e. The fraction of sp³-hybridized carbons (Fsp3) is 0.125. The zero-order valence-corrected chi connectivity index (χ0v) is 19.1. The molecule has 0 saturated heterocycles. The van der Waals surface area contributed by atoms with Crippen LogP contribution in [0.1, 0.15) is 30.9 Å². The quantitative estimate of drug-likeness (QED) is 0.276. The minimum atomic E-state index is 0.572. The third kappa shape index (κ3) is 5.15. The van der Waals surface area contributed by atoms with Crippen LogP contribution in [-0.4, -0.2) is 0 Å². The van der Waals surface area contributed by atoms with Crippen LogP contribution in [-0.2, 0) is 0 Å². The Bertz CT molecular complexity index is 1260. The van der Waals surface area contributed by atoms with Gasteiger partial charge in [0.25, 0.3) is 0 Å². The minimum absolute atomic E-state index is 0.572. The van der Waals surface area contributed by atoms with E-state index in [4.69, 9.17) is 0 Å². The van der Waals surface area contributed by atoms with Gasteiger partial charge in [0.2, 0.25) is 0 Å². The Morgan fingerprint density at radius 3 is 1.59 bits per heavy atom. The third-order valence-corrected chi connectivity index (χ3v) is 5.84. The molecule has 158 valence electrons. The maximum atomic E-state index is 2.23. The number of benzene rings is 5. The third-order valence-electron chi connectivity index (χ3n) is 5.84. The maximum Gasteiger partial charge on any atom is -0.0105 e. The Balaban J connectivity index is 0.000000300. The summed E-state index contributed by atoms with van der Waals surface area (Å²) < 4.78 is 0. The van der Waals surface area contributed by atoms with Gasteiger partial charge in [-0.1, -0.05) is 141 Å². The molecule has 0 fully saturated rings. The molecule has 0 amide bonds. The molecule has 0 nitrogen and oxygen atoms in total. The second-order valence-electron chi connectivity index (χ2n) is 8.54. The van der Waals surface area contributed by atoms with Gasteiger partial charge < -0.3 is 0 Å². The van der Waals surface area contributed by atoms with Gasteiger partial charge in [-0.25, -0.2) is 0 Å². The summed E-state index contributed by atoms with van der Waals surface area (Å²) in [5.41, 5.74) is 7.80. The second-order valence-corrected chi connectivity index (χ2v) is 8.54. The summed E-state index contributed by atoms with van der Waals surface area (Å²) in [6, 6.07) is 43.2. The van der Waals surface area contributed by atoms with Gasteiger partial charge in [-0.05, 0) is 51.4 Å². The van der Waals surface area contributed by atoms with E-state index in [9.17, 15) is 0 Å². The van der Waals surface area contributed by atoms with Gasteiger partial charge in [0, 0.05) is 0 Å². The van der Waals surface area contributed by atoms with Crippen LogP contribution in [0.15, 0.2) is 121 Å². The van der Waals surface area contributed by atoms with Gasteiger partial charge in [0.15, 0.2) is 0 Å². The number of hydrogen-bond acceptors (Lipinski definition) is 0. The molecule has 5 aromatic carbocycles. The Hall–Kier alpha value is -3.64. The average molecular weight is 415 g/mol. The van der Waals surface area contributed by atoms with Crippen LogP contribution in [0.2, 0.25) is 0 Å². The molecule has 0 aliphatic heterocycles. The summed E-state index contributed by atoms with van der Waals surface area (Å²) in [5, 5.41) is 2.59. The van der Waals surface area contributed by atoms with Crippen LogP contribution in [0.5, 0.6) is 0 Å². The molecular formula is C32H30. The first-order valence-electron chi connectivity index (χ1n) is 11.3. The SMILES string of the molecule is CC(C)c1ccc(-c2ccc(-c3cccc4ccccc34)cc2)cc1.Cc1ccccc1. The van der Waals surface area contributed by atoms with E-state index >= 15 is 0 Å². The molecule has 5 rings (SSSR count). The normalized spacial score (nSPS) is 10.6. The number of rotatable bonds is 3. The molecule has 0 unspecified atom stereocenters. The predicted molar refractivity (Wildman–Crippen MR) is 140 cm³/mol. The van der Waals surface area contributed by atoms with Gasteiger partial charge in [0.05, 0.1) is 0 Å². The molecule has 0 spiro atoms. The average Bonchev–Trinajstić information content (AvgIpc) is 2.85. The summed E-state index contributed by atoms with van der Waals surface area (Å²) >= 11 is 0. The summed E-state index contributed by atoms with van der Waals surface area (Å²) in [6.45, 7) is 6.54. The van der Waals surface area contributed by atoms with Crippen molar-refractivity contribution in [3.63, 3.8) is 0 Å². The monoisotopic (exact) mass is 414 g/mol. The fourth-order valence-corrected chi connectivity index (χ4v) is 3.91. The fourth-order valence-electron chi connectivity index (χ4n) is 3.91. The topological polar surface area (TPSA) is 0 Å². The van der Waals surface area contributed by atoms with Crippen molar-refractivity contribution in [1.29, 1.82) is 0 Å². The Morgan fingerprint density at radius 2 is 1.00 bits per heavy atom. The molecule has 0 radical (unpaired) electrons. The first-order valence-corrected chi connectivity index (χ1v) is 11.3. The van der Waals surface area contributed by atoms with Crippen LogP contribution in [0.4, 0.5) is 0 Å². The molecule has 0 aliphatic carbocycles. The van der Waals surface area contributed by atoms with Crippen molar-refractivity contribution in [2.24, 2.45) is 0 Å². The zero-order valence-electron chi connectivity index (χ0n) is 19.1. The van der Waals surface area contributed by atoms with E-state index in [0.29, 0.717) is 5.92 Å². The van der Waals surface area contributed by atoms with Crippen LogP contribution < -0.4 is 0 Å². The standard InChI is InChI=1S/C25H22.C7H8/c1-18(2)19-10-12-20(13-11-19)21-14-16-23(17-15-21)25-9-5-7-22-6-3-4-8-24(22)25;1-7-5-3-2-4-6-7/h3-18H,1-2H3;2-6H,1H3. The summed E-state index contributed by atoms with van der Waals surface area (Å²) in [7, 11) is 0. The Labute approximate surface area is 192 Å². The van der Waals surface area contributed by atoms with Gasteiger partial charge in [0.1, 0.15) is 0 Å². The van der Waals surface area contributed by atoms with E-state index in [1.54, 1.807) is 0 Å². The highest BCUT2D eigenvalue weighted by Gasteiger charge is 2.05. The number of hydrogen-bond donors (Lipinski definition) is 0. The lowest BCUT2D eigenvalue weighted by atomic mass is 9.95. The lowest BCUT2D eigenvalue weighted by Gasteiger charge is -2.09. The van der Waals surface area contributed by atoms with E-state index in [0.717, 1.165) is 0 Å². The largest absolute Gasteiger partial charge is 0.0622 e. The molecule has 0 atom stereocenters. The van der Waals surface area contributed by atoms with Crippen molar-refractivity contribution < 1.29 is 0 Å². The van der Waals surface area contributed by atoms with E-state index in [-0.39, 0.29) is 0 Å². The van der Waals surface area contributed by atoms with Crippen LogP contribution in [0.25, 0.3) is 33.0 Å². The highest BCUT2D eigenvalue weighted by Crippen LogP contribution is 2.30. The second kappa shape index (κ2) is 10.1. The lowest BCUT2D eigenvalue weighted by molar-refractivity contribution is 0.867. The smallest absolute Gasteiger partial charge is 0.0105 e. The molecule has 0 bridgehead atoms. The molecule has 32 heavy (non-hydrogen) atoms. The van der Waals surface area contributed by atoms with Crippen molar-refractivity contribution in [2.75, 3.05) is 0 Å². The van der Waals surface area contributed by atoms with Crippen LogP contribution >= 0.6 is 0 Å². The summed E-state index contributed by atoms with van der Waals surface area (Å²) in [5.74, 6) is 0.572. The van der Waals surface area contributed by atoms with E-state index < -0.39 is 0 Å². The van der Waals surface area contributed by atoms with Gasteiger partial charge in [-0.3, -0.25) is 0 Å². The van der Waals surface area contributed by atoms with Gasteiger partial charge in [-0.2, -0.15) is 0 Å². The van der Waals surface area contributed by atoms with Crippen LogP contribution in [0.3, 0.4) is 0 Å². The maximum absolute atomic E-state index is 2.23. The summed E-state index contributed by atoms with van der Waals surface area (Å²) in [4.78, 5) is 0. The molecule has 0 heterocycles. The van der Waals surface area contributed by atoms with Crippen molar-refractivity contribution >= 4 is 10.8 Å². The van der Waals surface area contributed by atoms with E-state index in [1.807, 2.05) is 18.2 Å². The van der Waals surface area contributed by atoms with Crippen molar-refractivity contribution in [2.45, 2.75) is 26.7 Å². The Morgan fingerprint density at radius 1 is 0.469 bits per heavy atom. The predicted octanol–water partition coefficient (Wildman–Crippen LogP) is 9.29. The molecule has 0 aromatic heterocycles. The first-order chi connectivity index (χ1) is 15.6. The molecule has 0 heteroatoms. The van der Waals surface area contributed by atoms with E-state index in [2.05, 4.69) is 124 Å². The molecular weight excluding hydrogens is 384 g/mol. The van der Waals surface area contributed by atoms with Crippen molar-refractivity contribution in [3.05, 3.63) is 132 Å². The number of fused-ring (bicyclic) bond motifs is 1. The van der Waals surface area contributed by atoms with Gasteiger partial charge >= 0.3 is 0 Å². The Kier molecular flexibility index (Phi) is 6.82. The van der Waals surface area contributed by atoms with Crippen LogP contribution in [0, 0.1) is 6.92 Å². The highest BCUT2D eigenvalue weighted by molar-refractivity contribution is 5.96. The van der Waals surface area contributed by atoms with Crippen molar-refractivity contribution in [3.8, 4) is 22.3 Å². The highest BCUT2D eigenvalue weighted by atomic mass is 14.1. The number of aryl methyl sites for hydroxylation is 1. The summed E-state index contributed by atoms with van der Waals surface area (Å²) in [6.07, 6.45) is 0. The molecule has 0 saturated carbocycles. The van der Waals surface area contributed by atoms with E-state index in [1.165, 1.54) is 44.2 Å². The first kappa shape index (κ1) is 21.6. The van der Waals surface area contributed by atoms with Crippen molar-refractivity contribution in [1.82, 2.24) is 0 Å². The van der Waals surface area contributed by atoms with Gasteiger partial charge in [-0.15, -0.1) is 0 Å². The molecule has 0 N–H and O–H groups in total. The lowest BCUT2D eigenvalue weighted by Crippen LogP contribution is -1.87. The molecule has 0 aliphatic rings.